The molecule has 4 nitrogen and oxygen atoms in total. The maximum atomic E-state index is 9.06. The molecule has 1 heterocycles. The lowest BCUT2D eigenvalue weighted by Gasteiger charge is -2.10. The quantitative estimate of drug-likeness (QED) is 0.855. The number of nitrogens with two attached hydrogens (primary N) is 1. The van der Waals surface area contributed by atoms with Crippen LogP contribution in [-0.4, -0.2) is 11.1 Å². The first-order chi connectivity index (χ1) is 8.10. The zero-order valence-electron chi connectivity index (χ0n) is 9.77. The second kappa shape index (κ2) is 4.30. The van der Waals surface area contributed by atoms with Crippen molar-refractivity contribution in [3.63, 3.8) is 0 Å². The van der Waals surface area contributed by atoms with Crippen molar-refractivity contribution in [2.75, 3.05) is 5.73 Å². The molecule has 0 unspecified atom stereocenters. The summed E-state index contributed by atoms with van der Waals surface area (Å²) in [6.07, 6.45) is 0.0970. The number of nitrogens with zero attached hydrogens (tertiary/aromatic N) is 2. The Morgan fingerprint density at radius 3 is 2.76 bits per heavy atom. The normalized spacial score (nSPS) is 10.5. The highest BCUT2D eigenvalue weighted by Crippen LogP contribution is 2.24. The minimum Gasteiger partial charge on any atom is -0.491 e. The average molecular weight is 227 g/mol. The molecule has 17 heavy (non-hydrogen) atoms. The topological polar surface area (TPSA) is 71.9 Å². The SMILES string of the molecule is CC(C)Oc1ccc2nc(N)cc(C#N)c2c1. The van der Waals surface area contributed by atoms with Gasteiger partial charge in [0.15, 0.2) is 0 Å². The Morgan fingerprint density at radius 2 is 2.12 bits per heavy atom. The maximum Gasteiger partial charge on any atom is 0.125 e. The molecule has 0 saturated carbocycles. The molecule has 0 aliphatic heterocycles. The van der Waals surface area contributed by atoms with E-state index in [4.69, 9.17) is 15.7 Å². The van der Waals surface area contributed by atoms with E-state index in [1.54, 1.807) is 6.07 Å². The van der Waals surface area contributed by atoms with Crippen LogP contribution in [0.4, 0.5) is 5.82 Å². The molecule has 2 N–H and O–H groups in total. The third kappa shape index (κ3) is 2.28. The Kier molecular flexibility index (Phi) is 2.84. The van der Waals surface area contributed by atoms with Crippen molar-refractivity contribution in [3.05, 3.63) is 29.8 Å². The highest BCUT2D eigenvalue weighted by molar-refractivity contribution is 5.87. The second-order valence-electron chi connectivity index (χ2n) is 4.05. The number of benzene rings is 1. The average Bonchev–Trinajstić information content (AvgIpc) is 2.27. The number of nitriles is 1. The number of ether oxygens (including phenoxy) is 1. The summed E-state index contributed by atoms with van der Waals surface area (Å²) in [6.45, 7) is 3.91. The van der Waals surface area contributed by atoms with E-state index in [0.717, 1.165) is 11.1 Å². The van der Waals surface area contributed by atoms with E-state index in [9.17, 15) is 0 Å². The van der Waals surface area contributed by atoms with E-state index in [1.165, 1.54) is 0 Å². The summed E-state index contributed by atoms with van der Waals surface area (Å²) in [4.78, 5) is 4.18. The zero-order chi connectivity index (χ0) is 12.4. The molecule has 0 bridgehead atoms. The molecule has 2 rings (SSSR count). The van der Waals surface area contributed by atoms with E-state index in [1.807, 2.05) is 32.0 Å². The third-order valence-electron chi connectivity index (χ3n) is 2.29. The van der Waals surface area contributed by atoms with Crippen molar-refractivity contribution in [2.45, 2.75) is 20.0 Å². The Morgan fingerprint density at radius 1 is 1.35 bits per heavy atom. The minimum absolute atomic E-state index is 0.0970. The van der Waals surface area contributed by atoms with Gasteiger partial charge in [-0.1, -0.05) is 0 Å². The largest absolute Gasteiger partial charge is 0.491 e. The fourth-order valence-corrected chi connectivity index (χ4v) is 1.66. The fraction of sp³-hybridized carbons (Fsp3) is 0.231. The van der Waals surface area contributed by atoms with E-state index < -0.39 is 0 Å². The molecule has 0 fully saturated rings. The monoisotopic (exact) mass is 227 g/mol. The van der Waals surface area contributed by atoms with Gasteiger partial charge in [-0.05, 0) is 38.1 Å². The molecule has 1 aromatic carbocycles. The number of rotatable bonds is 2. The minimum atomic E-state index is 0.0970. The van der Waals surface area contributed by atoms with E-state index >= 15 is 0 Å². The van der Waals surface area contributed by atoms with E-state index in [-0.39, 0.29) is 6.10 Å². The van der Waals surface area contributed by atoms with Gasteiger partial charge in [0, 0.05) is 5.39 Å². The first-order valence-electron chi connectivity index (χ1n) is 5.37. The molecule has 4 heteroatoms. The van der Waals surface area contributed by atoms with Crippen molar-refractivity contribution in [1.29, 1.82) is 5.26 Å². The summed E-state index contributed by atoms with van der Waals surface area (Å²) in [5.41, 5.74) is 6.85. The zero-order valence-corrected chi connectivity index (χ0v) is 9.77. The van der Waals surface area contributed by atoms with Crippen LogP contribution in [0.15, 0.2) is 24.3 Å². The molecule has 1 aromatic heterocycles. The number of pyridine rings is 1. The summed E-state index contributed by atoms with van der Waals surface area (Å²) >= 11 is 0. The van der Waals surface area contributed by atoms with E-state index in [0.29, 0.717) is 16.9 Å². The summed E-state index contributed by atoms with van der Waals surface area (Å²) < 4.78 is 5.58. The first-order valence-corrected chi connectivity index (χ1v) is 5.37. The molecule has 0 aliphatic carbocycles. The van der Waals surface area contributed by atoms with Gasteiger partial charge in [0.2, 0.25) is 0 Å². The Balaban J connectivity index is 2.60. The van der Waals surface area contributed by atoms with Crippen LogP contribution in [-0.2, 0) is 0 Å². The molecule has 0 amide bonds. The van der Waals surface area contributed by atoms with Crippen LogP contribution in [0.25, 0.3) is 10.9 Å². The number of aromatic nitrogens is 1. The van der Waals surface area contributed by atoms with Crippen LogP contribution in [0.1, 0.15) is 19.4 Å². The summed E-state index contributed by atoms with van der Waals surface area (Å²) in [5.74, 6) is 1.09. The van der Waals surface area contributed by atoms with Crippen LogP contribution in [0.3, 0.4) is 0 Å². The lowest BCUT2D eigenvalue weighted by molar-refractivity contribution is 0.243. The molecule has 0 atom stereocenters. The van der Waals surface area contributed by atoms with Gasteiger partial charge in [0.25, 0.3) is 0 Å². The van der Waals surface area contributed by atoms with Crippen LogP contribution in [0, 0.1) is 11.3 Å². The maximum absolute atomic E-state index is 9.06. The predicted molar refractivity (Wildman–Crippen MR) is 66.6 cm³/mol. The Labute approximate surface area is 99.6 Å². The molecule has 2 aromatic rings. The lowest BCUT2D eigenvalue weighted by atomic mass is 10.1. The summed E-state index contributed by atoms with van der Waals surface area (Å²) in [5, 5.41) is 9.82. The molecular weight excluding hydrogens is 214 g/mol. The van der Waals surface area contributed by atoms with Gasteiger partial charge < -0.3 is 10.5 Å². The smallest absolute Gasteiger partial charge is 0.125 e. The number of nitrogen functional groups attached to an aromatic ring is 1. The van der Waals surface area contributed by atoms with Crippen molar-refractivity contribution in [1.82, 2.24) is 4.98 Å². The van der Waals surface area contributed by atoms with Crippen LogP contribution in [0.5, 0.6) is 5.75 Å². The number of hydrogen-bond acceptors (Lipinski definition) is 4. The highest BCUT2D eigenvalue weighted by Gasteiger charge is 2.06. The Hall–Kier alpha value is -2.28. The van der Waals surface area contributed by atoms with Crippen molar-refractivity contribution in [3.8, 4) is 11.8 Å². The van der Waals surface area contributed by atoms with Gasteiger partial charge in [-0.2, -0.15) is 5.26 Å². The van der Waals surface area contributed by atoms with Gasteiger partial charge >= 0.3 is 0 Å². The second-order valence-corrected chi connectivity index (χ2v) is 4.05. The van der Waals surface area contributed by atoms with Gasteiger partial charge in [-0.15, -0.1) is 0 Å². The van der Waals surface area contributed by atoms with Crippen molar-refractivity contribution >= 4 is 16.7 Å². The van der Waals surface area contributed by atoms with Crippen LogP contribution in [0.2, 0.25) is 0 Å². The summed E-state index contributed by atoms with van der Waals surface area (Å²) in [7, 11) is 0. The molecule has 86 valence electrons. The molecule has 0 radical (unpaired) electrons. The van der Waals surface area contributed by atoms with Gasteiger partial charge in [0.1, 0.15) is 11.6 Å². The van der Waals surface area contributed by atoms with Crippen LogP contribution < -0.4 is 10.5 Å². The molecule has 0 saturated heterocycles. The van der Waals surface area contributed by atoms with Crippen molar-refractivity contribution < 1.29 is 4.74 Å². The fourth-order valence-electron chi connectivity index (χ4n) is 1.66. The molecule has 0 spiro atoms. The van der Waals surface area contributed by atoms with E-state index in [2.05, 4.69) is 11.1 Å². The van der Waals surface area contributed by atoms with Gasteiger partial charge in [0.05, 0.1) is 23.3 Å². The number of hydrogen-bond donors (Lipinski definition) is 1. The first kappa shape index (κ1) is 11.2. The number of fused-ring (bicyclic) bond motifs is 1. The van der Waals surface area contributed by atoms with Gasteiger partial charge in [-0.3, -0.25) is 0 Å². The third-order valence-corrected chi connectivity index (χ3v) is 2.29. The van der Waals surface area contributed by atoms with Crippen LogP contribution >= 0.6 is 0 Å². The number of anilines is 1. The van der Waals surface area contributed by atoms with Gasteiger partial charge in [-0.25, -0.2) is 4.98 Å². The Bertz CT molecular complexity index is 599. The summed E-state index contributed by atoms with van der Waals surface area (Å²) in [6, 6.07) is 9.15. The predicted octanol–water partition coefficient (Wildman–Crippen LogP) is 2.48. The highest BCUT2D eigenvalue weighted by atomic mass is 16.5. The lowest BCUT2D eigenvalue weighted by Crippen LogP contribution is -2.05. The molecular formula is C13H13N3O. The standard InChI is InChI=1S/C13H13N3O/c1-8(2)17-10-3-4-12-11(6-10)9(7-14)5-13(15)16-12/h3-6,8H,1-2H3,(H2,15,16). The molecule has 0 aliphatic rings. The van der Waals surface area contributed by atoms with Crippen molar-refractivity contribution in [2.24, 2.45) is 0 Å².